The number of aromatic nitrogens is 1. The molecule has 0 bridgehead atoms. The zero-order valence-corrected chi connectivity index (χ0v) is 45.6. The number of fused-ring (bicyclic) bond motifs is 12. The Bertz CT molecular complexity index is 4780. The molecule has 2 aromatic heterocycles. The summed E-state index contributed by atoms with van der Waals surface area (Å²) in [6.07, 6.45) is 0. The third kappa shape index (κ3) is 7.51. The van der Waals surface area contributed by atoms with Crippen molar-refractivity contribution in [1.29, 1.82) is 0 Å². The van der Waals surface area contributed by atoms with Crippen LogP contribution in [0.4, 0.5) is 34.1 Å². The molecular formula is C79H55N3. The van der Waals surface area contributed by atoms with Crippen molar-refractivity contribution in [2.75, 3.05) is 9.80 Å². The number of nitrogens with zero attached hydrogens (tertiary/aromatic N) is 3. The molecule has 386 valence electrons. The number of anilines is 6. The zero-order valence-electron chi connectivity index (χ0n) is 45.6. The number of hydrogen-bond donors (Lipinski definition) is 0. The summed E-state index contributed by atoms with van der Waals surface area (Å²) in [7, 11) is 0. The van der Waals surface area contributed by atoms with Gasteiger partial charge < -0.3 is 14.2 Å². The van der Waals surface area contributed by atoms with Gasteiger partial charge in [0.15, 0.2) is 0 Å². The standard InChI is InChI=1S/C79H55N3/c1-79(2)71-45-43-66-65(75(71)69-40-39-64(51-72(69)79)80(60-33-17-29-56(47-60)52-21-7-3-8-22-52)61-34-18-30-57(48-61)53-23-9-4-10-24-53)41-42-67-68-44-46-74(76-70-37-15-16-38-73(70)82(77(66)67)78(68)76)81(62-35-19-31-58(49-62)54-25-11-5-12-26-54)63-36-20-32-59(50-63)55-27-13-6-14-28-55/h3-51H,1-2H3. The second-order valence-electron chi connectivity index (χ2n) is 22.4. The lowest BCUT2D eigenvalue weighted by Gasteiger charge is -2.29. The Morgan fingerprint density at radius 3 is 1.21 bits per heavy atom. The van der Waals surface area contributed by atoms with Crippen LogP contribution in [0.2, 0.25) is 0 Å². The lowest BCUT2D eigenvalue weighted by atomic mass is 9.81. The Kier molecular flexibility index (Phi) is 10.9. The summed E-state index contributed by atoms with van der Waals surface area (Å²) in [5.41, 5.74) is 24.9. The van der Waals surface area contributed by atoms with E-state index in [2.05, 4.69) is 325 Å². The molecule has 2 heterocycles. The highest BCUT2D eigenvalue weighted by atomic mass is 15.2. The molecular weight excluding hydrogens is 991 g/mol. The van der Waals surface area contributed by atoms with Crippen molar-refractivity contribution in [3.8, 4) is 55.6 Å². The average Bonchev–Trinajstić information content (AvgIpc) is 2.37. The smallest absolute Gasteiger partial charge is 0.0641 e. The Balaban J connectivity index is 0.886. The highest BCUT2D eigenvalue weighted by Gasteiger charge is 2.38. The summed E-state index contributed by atoms with van der Waals surface area (Å²) in [5.74, 6) is 0. The molecule has 0 amide bonds. The van der Waals surface area contributed by atoms with Gasteiger partial charge in [0.25, 0.3) is 0 Å². The van der Waals surface area contributed by atoms with E-state index in [1.165, 1.54) is 116 Å². The summed E-state index contributed by atoms with van der Waals surface area (Å²) in [6.45, 7) is 4.82. The molecule has 13 aromatic carbocycles. The molecule has 1 aliphatic carbocycles. The van der Waals surface area contributed by atoms with Crippen LogP contribution in [0.3, 0.4) is 0 Å². The topological polar surface area (TPSA) is 10.9 Å². The molecule has 0 fully saturated rings. The fraction of sp³-hybridized carbons (Fsp3) is 0.0380. The Labute approximate surface area is 477 Å². The Hall–Kier alpha value is -10.5. The van der Waals surface area contributed by atoms with Crippen LogP contribution < -0.4 is 9.80 Å². The van der Waals surface area contributed by atoms with E-state index in [4.69, 9.17) is 0 Å². The molecule has 1 aliphatic rings. The molecule has 0 aliphatic heterocycles. The maximum atomic E-state index is 2.58. The molecule has 3 nitrogen and oxygen atoms in total. The molecule has 0 saturated carbocycles. The van der Waals surface area contributed by atoms with Gasteiger partial charge in [0.1, 0.15) is 0 Å². The van der Waals surface area contributed by atoms with Gasteiger partial charge in [-0.1, -0.05) is 238 Å². The minimum Gasteiger partial charge on any atom is -0.310 e. The van der Waals surface area contributed by atoms with Gasteiger partial charge in [-0.05, 0) is 145 Å². The van der Waals surface area contributed by atoms with Crippen molar-refractivity contribution in [1.82, 2.24) is 4.40 Å². The fourth-order valence-corrected chi connectivity index (χ4v) is 13.6. The molecule has 0 spiro atoms. The van der Waals surface area contributed by atoms with Gasteiger partial charge in [0.2, 0.25) is 0 Å². The SMILES string of the molecule is CC1(C)c2cc(N(c3cccc(-c4ccccc4)c3)c3cccc(-c4ccccc4)c3)ccc2-c2c1ccc1c2ccc2c3ccc(N(c4cccc(-c5ccccc5)c4)c4cccc(-c5ccccc5)c4)c4c5ccccc5n(c12)c34. The quantitative estimate of drug-likeness (QED) is 0.135. The van der Waals surface area contributed by atoms with Crippen LogP contribution in [-0.2, 0) is 5.41 Å². The summed E-state index contributed by atoms with van der Waals surface area (Å²) < 4.78 is 2.58. The van der Waals surface area contributed by atoms with Crippen molar-refractivity contribution < 1.29 is 0 Å². The second-order valence-corrected chi connectivity index (χ2v) is 22.4. The molecule has 16 rings (SSSR count). The van der Waals surface area contributed by atoms with Gasteiger partial charge in [-0.25, -0.2) is 0 Å². The van der Waals surface area contributed by atoms with E-state index < -0.39 is 0 Å². The van der Waals surface area contributed by atoms with Crippen LogP contribution in [0.25, 0.3) is 105 Å². The Morgan fingerprint density at radius 1 is 0.280 bits per heavy atom. The number of benzene rings is 13. The Morgan fingerprint density at radius 2 is 0.683 bits per heavy atom. The number of hydrogen-bond acceptors (Lipinski definition) is 2. The van der Waals surface area contributed by atoms with Crippen molar-refractivity contribution in [3.05, 3.63) is 308 Å². The van der Waals surface area contributed by atoms with E-state index >= 15 is 0 Å². The third-order valence-electron chi connectivity index (χ3n) is 17.4. The first-order valence-corrected chi connectivity index (χ1v) is 28.5. The van der Waals surface area contributed by atoms with E-state index in [1.54, 1.807) is 0 Å². The van der Waals surface area contributed by atoms with Crippen molar-refractivity contribution in [2.24, 2.45) is 0 Å². The summed E-state index contributed by atoms with van der Waals surface area (Å²) >= 11 is 0. The van der Waals surface area contributed by atoms with Gasteiger partial charge in [0, 0.05) is 60.8 Å². The predicted octanol–water partition coefficient (Wildman–Crippen LogP) is 21.9. The number of rotatable bonds is 10. The van der Waals surface area contributed by atoms with Gasteiger partial charge in [-0.15, -0.1) is 0 Å². The molecule has 0 unspecified atom stereocenters. The molecule has 0 saturated heterocycles. The molecule has 15 aromatic rings. The van der Waals surface area contributed by atoms with Crippen LogP contribution in [0.5, 0.6) is 0 Å². The molecule has 0 atom stereocenters. The molecule has 82 heavy (non-hydrogen) atoms. The van der Waals surface area contributed by atoms with Crippen LogP contribution in [0, 0.1) is 0 Å². The minimum atomic E-state index is -0.276. The first kappa shape index (κ1) is 47.5. The van der Waals surface area contributed by atoms with Gasteiger partial charge in [-0.3, -0.25) is 0 Å². The van der Waals surface area contributed by atoms with Crippen LogP contribution in [-0.4, -0.2) is 4.40 Å². The van der Waals surface area contributed by atoms with Crippen molar-refractivity contribution in [3.63, 3.8) is 0 Å². The lowest BCUT2D eigenvalue weighted by Crippen LogP contribution is -2.16. The largest absolute Gasteiger partial charge is 0.310 e. The normalized spacial score (nSPS) is 12.6. The van der Waals surface area contributed by atoms with E-state index in [0.29, 0.717) is 0 Å². The van der Waals surface area contributed by atoms with Crippen LogP contribution >= 0.6 is 0 Å². The van der Waals surface area contributed by atoms with Gasteiger partial charge in [0.05, 0.1) is 22.2 Å². The highest BCUT2D eigenvalue weighted by Crippen LogP contribution is 2.55. The first-order valence-electron chi connectivity index (χ1n) is 28.5. The third-order valence-corrected chi connectivity index (χ3v) is 17.4. The second kappa shape index (κ2) is 18.8. The molecule has 0 radical (unpaired) electrons. The van der Waals surface area contributed by atoms with Gasteiger partial charge >= 0.3 is 0 Å². The monoisotopic (exact) mass is 1050 g/mol. The maximum absolute atomic E-state index is 2.58. The van der Waals surface area contributed by atoms with Crippen molar-refractivity contribution >= 4 is 83.0 Å². The fourth-order valence-electron chi connectivity index (χ4n) is 13.6. The van der Waals surface area contributed by atoms with Crippen LogP contribution in [0.1, 0.15) is 25.0 Å². The predicted molar refractivity (Wildman–Crippen MR) is 347 cm³/mol. The number of para-hydroxylation sites is 1. The van der Waals surface area contributed by atoms with E-state index in [1.807, 2.05) is 0 Å². The van der Waals surface area contributed by atoms with Gasteiger partial charge in [-0.2, -0.15) is 0 Å². The zero-order chi connectivity index (χ0) is 54.5. The summed E-state index contributed by atoms with van der Waals surface area (Å²) in [6, 6.07) is 110. The van der Waals surface area contributed by atoms with E-state index in [0.717, 1.165) is 34.1 Å². The lowest BCUT2D eigenvalue weighted by molar-refractivity contribution is 0.661. The molecule has 3 heteroatoms. The average molecular weight is 1050 g/mol. The van der Waals surface area contributed by atoms with E-state index in [9.17, 15) is 0 Å². The molecule has 0 N–H and O–H groups in total. The maximum Gasteiger partial charge on any atom is 0.0641 e. The van der Waals surface area contributed by atoms with E-state index in [-0.39, 0.29) is 5.41 Å². The van der Waals surface area contributed by atoms with Crippen molar-refractivity contribution in [2.45, 2.75) is 19.3 Å². The first-order chi connectivity index (χ1) is 40.4. The summed E-state index contributed by atoms with van der Waals surface area (Å²) in [5, 5.41) is 7.50. The van der Waals surface area contributed by atoms with Crippen LogP contribution in [0.15, 0.2) is 297 Å². The minimum absolute atomic E-state index is 0.276. The highest BCUT2D eigenvalue weighted by molar-refractivity contribution is 6.31. The summed E-state index contributed by atoms with van der Waals surface area (Å²) in [4.78, 5) is 4.93.